The Bertz CT molecular complexity index is 1290. The van der Waals surface area contributed by atoms with Crippen LogP contribution in [0.25, 0.3) is 22.4 Å². The summed E-state index contributed by atoms with van der Waals surface area (Å²) in [6.45, 7) is 2.36. The highest BCUT2D eigenvalue weighted by Crippen LogP contribution is 2.27. The molecule has 0 aliphatic carbocycles. The number of rotatable bonds is 4. The number of anilines is 1. The summed E-state index contributed by atoms with van der Waals surface area (Å²) in [7, 11) is 0. The third-order valence-corrected chi connectivity index (χ3v) is 5.56. The number of benzene rings is 3. The van der Waals surface area contributed by atoms with Gasteiger partial charge in [0.1, 0.15) is 5.82 Å². The van der Waals surface area contributed by atoms with Crippen LogP contribution >= 0.6 is 0 Å². The van der Waals surface area contributed by atoms with Crippen LogP contribution in [0.4, 0.5) is 5.69 Å². The van der Waals surface area contributed by atoms with Gasteiger partial charge < -0.3 is 14.6 Å². The van der Waals surface area contributed by atoms with Crippen molar-refractivity contribution in [3.05, 3.63) is 83.4 Å². The van der Waals surface area contributed by atoms with E-state index in [9.17, 15) is 9.59 Å². The molecule has 4 aromatic rings. The van der Waals surface area contributed by atoms with E-state index in [0.717, 1.165) is 40.1 Å². The summed E-state index contributed by atoms with van der Waals surface area (Å²) in [6.07, 6.45) is 0.815. The molecule has 6 nitrogen and oxygen atoms in total. The molecule has 1 aliphatic heterocycles. The smallest absolute Gasteiger partial charge is 0.338 e. The number of nitrogens with zero attached hydrogens (tertiary/aromatic N) is 2. The lowest BCUT2D eigenvalue weighted by molar-refractivity contribution is -0.121. The van der Waals surface area contributed by atoms with E-state index in [1.165, 1.54) is 5.56 Å². The number of nitrogens with one attached hydrogen (secondary N) is 1. The third-order valence-electron chi connectivity index (χ3n) is 5.56. The molecule has 1 aliphatic rings. The number of para-hydroxylation sites is 1. The van der Waals surface area contributed by atoms with Crippen LogP contribution in [0.5, 0.6) is 0 Å². The minimum Gasteiger partial charge on any atom is -0.452 e. The van der Waals surface area contributed by atoms with Crippen LogP contribution in [0, 0.1) is 6.92 Å². The van der Waals surface area contributed by atoms with Crippen molar-refractivity contribution in [2.75, 3.05) is 18.1 Å². The van der Waals surface area contributed by atoms with Crippen molar-refractivity contribution in [2.24, 2.45) is 0 Å². The van der Waals surface area contributed by atoms with Gasteiger partial charge >= 0.3 is 5.97 Å². The zero-order chi connectivity index (χ0) is 21.4. The number of carbonyl (C=O) groups excluding carboxylic acids is 2. The van der Waals surface area contributed by atoms with Crippen LogP contribution in [-0.4, -0.2) is 35.0 Å². The van der Waals surface area contributed by atoms with Crippen molar-refractivity contribution in [1.29, 1.82) is 0 Å². The number of amides is 1. The fraction of sp³-hybridized carbons (Fsp3) is 0.160. The summed E-state index contributed by atoms with van der Waals surface area (Å²) in [5.41, 5.74) is 6.06. The van der Waals surface area contributed by atoms with Gasteiger partial charge in [0.25, 0.3) is 5.91 Å². The summed E-state index contributed by atoms with van der Waals surface area (Å²) in [5, 5.41) is 0. The molecule has 0 saturated carbocycles. The molecule has 0 saturated heterocycles. The molecule has 0 radical (unpaired) electrons. The van der Waals surface area contributed by atoms with Gasteiger partial charge in [-0.2, -0.15) is 0 Å². The predicted molar refractivity (Wildman–Crippen MR) is 119 cm³/mol. The van der Waals surface area contributed by atoms with Gasteiger partial charge in [0, 0.05) is 17.8 Å². The van der Waals surface area contributed by atoms with Crippen LogP contribution in [0.1, 0.15) is 21.5 Å². The first-order valence-electron chi connectivity index (χ1n) is 10.2. The Balaban J connectivity index is 1.29. The number of ether oxygens (including phenoxy) is 1. The van der Waals surface area contributed by atoms with Crippen molar-refractivity contribution in [3.63, 3.8) is 0 Å². The van der Waals surface area contributed by atoms with E-state index in [-0.39, 0.29) is 12.5 Å². The minimum atomic E-state index is -0.533. The van der Waals surface area contributed by atoms with E-state index in [4.69, 9.17) is 4.74 Å². The zero-order valence-corrected chi connectivity index (χ0v) is 17.1. The summed E-state index contributed by atoms with van der Waals surface area (Å²) < 4.78 is 5.31. The first kappa shape index (κ1) is 19.1. The predicted octanol–water partition coefficient (Wildman–Crippen LogP) is 4.28. The number of aromatic nitrogens is 2. The van der Waals surface area contributed by atoms with Crippen LogP contribution < -0.4 is 4.90 Å². The Labute approximate surface area is 179 Å². The normalized spacial score (nSPS) is 12.7. The first-order chi connectivity index (χ1) is 15.1. The molecular formula is C25H21N3O3. The fourth-order valence-electron chi connectivity index (χ4n) is 3.87. The molecule has 0 atom stereocenters. The first-order valence-corrected chi connectivity index (χ1v) is 10.2. The van der Waals surface area contributed by atoms with E-state index in [1.807, 2.05) is 55.5 Å². The molecule has 3 aromatic carbocycles. The molecule has 31 heavy (non-hydrogen) atoms. The summed E-state index contributed by atoms with van der Waals surface area (Å²) >= 11 is 0. The second-order valence-corrected chi connectivity index (χ2v) is 7.68. The van der Waals surface area contributed by atoms with Gasteiger partial charge in [0.05, 0.1) is 16.6 Å². The maximum absolute atomic E-state index is 12.6. The van der Waals surface area contributed by atoms with E-state index < -0.39 is 5.97 Å². The van der Waals surface area contributed by atoms with Crippen LogP contribution in [0.2, 0.25) is 0 Å². The van der Waals surface area contributed by atoms with Gasteiger partial charge in [0.2, 0.25) is 0 Å². The highest BCUT2D eigenvalue weighted by atomic mass is 16.5. The SMILES string of the molecule is Cc1ccc(-c2nc3ccc(C(=O)OCC(=O)N4CCc5ccccc54)cc3[nH]2)cc1. The number of H-pyrrole nitrogens is 1. The lowest BCUT2D eigenvalue weighted by atomic mass is 10.1. The lowest BCUT2D eigenvalue weighted by Crippen LogP contribution is -2.33. The van der Waals surface area contributed by atoms with Crippen LogP contribution in [0.3, 0.4) is 0 Å². The molecule has 5 rings (SSSR count). The largest absolute Gasteiger partial charge is 0.452 e. The summed E-state index contributed by atoms with van der Waals surface area (Å²) in [6, 6.07) is 21.0. The maximum atomic E-state index is 12.6. The number of hydrogen-bond donors (Lipinski definition) is 1. The highest BCUT2D eigenvalue weighted by molar-refractivity contribution is 5.99. The monoisotopic (exact) mass is 411 g/mol. The van der Waals surface area contributed by atoms with Crippen molar-refractivity contribution in [1.82, 2.24) is 9.97 Å². The molecule has 1 amide bonds. The molecule has 0 fully saturated rings. The van der Waals surface area contributed by atoms with Crippen molar-refractivity contribution in [2.45, 2.75) is 13.3 Å². The Kier molecular flexibility index (Phi) is 4.75. The average Bonchev–Trinajstić information content (AvgIpc) is 3.41. The van der Waals surface area contributed by atoms with Gasteiger partial charge in [-0.25, -0.2) is 9.78 Å². The molecule has 1 N–H and O–H groups in total. The third kappa shape index (κ3) is 3.68. The second kappa shape index (κ2) is 7.72. The number of carbonyl (C=O) groups is 2. The van der Waals surface area contributed by atoms with Crippen LogP contribution in [0.15, 0.2) is 66.7 Å². The number of aromatic amines is 1. The lowest BCUT2D eigenvalue weighted by Gasteiger charge is -2.17. The van der Waals surface area contributed by atoms with Gasteiger partial charge in [0.15, 0.2) is 6.61 Å². The molecule has 154 valence electrons. The van der Waals surface area contributed by atoms with E-state index in [2.05, 4.69) is 9.97 Å². The molecule has 0 bridgehead atoms. The molecule has 1 aromatic heterocycles. The Morgan fingerprint density at radius 2 is 1.87 bits per heavy atom. The van der Waals surface area contributed by atoms with Gasteiger partial charge in [-0.15, -0.1) is 0 Å². The molecular weight excluding hydrogens is 390 g/mol. The van der Waals surface area contributed by atoms with E-state index in [0.29, 0.717) is 12.1 Å². The number of hydrogen-bond acceptors (Lipinski definition) is 4. The average molecular weight is 411 g/mol. The zero-order valence-electron chi connectivity index (χ0n) is 17.1. The molecule has 0 unspecified atom stereocenters. The van der Waals surface area contributed by atoms with Crippen molar-refractivity contribution in [3.8, 4) is 11.4 Å². The van der Waals surface area contributed by atoms with Crippen molar-refractivity contribution < 1.29 is 14.3 Å². The maximum Gasteiger partial charge on any atom is 0.338 e. The number of fused-ring (bicyclic) bond motifs is 2. The Morgan fingerprint density at radius 1 is 1.06 bits per heavy atom. The summed E-state index contributed by atoms with van der Waals surface area (Å²) in [5.74, 6) is -0.0137. The Morgan fingerprint density at radius 3 is 2.71 bits per heavy atom. The van der Waals surface area contributed by atoms with Crippen molar-refractivity contribution >= 4 is 28.6 Å². The Hall–Kier alpha value is -3.93. The quantitative estimate of drug-likeness (QED) is 0.509. The van der Waals surface area contributed by atoms with Gasteiger partial charge in [-0.3, -0.25) is 4.79 Å². The minimum absolute atomic E-state index is 0.220. The van der Waals surface area contributed by atoms with E-state index >= 15 is 0 Å². The molecule has 6 heteroatoms. The highest BCUT2D eigenvalue weighted by Gasteiger charge is 2.25. The topological polar surface area (TPSA) is 75.3 Å². The van der Waals surface area contributed by atoms with Gasteiger partial charge in [-0.05, 0) is 43.2 Å². The second-order valence-electron chi connectivity index (χ2n) is 7.68. The number of imidazole rings is 1. The molecule has 2 heterocycles. The van der Waals surface area contributed by atoms with E-state index in [1.54, 1.807) is 23.1 Å². The summed E-state index contributed by atoms with van der Waals surface area (Å²) in [4.78, 5) is 34.6. The van der Waals surface area contributed by atoms with Gasteiger partial charge in [-0.1, -0.05) is 48.0 Å². The number of esters is 1. The standard InChI is InChI=1S/C25H21N3O3/c1-16-6-8-18(9-7-16)24-26-20-11-10-19(14-21(20)27-24)25(30)31-15-23(29)28-13-12-17-4-2-3-5-22(17)28/h2-11,14H,12-13,15H2,1H3,(H,26,27). The number of aryl methyl sites for hydroxylation is 1. The molecule has 0 spiro atoms. The fourth-order valence-corrected chi connectivity index (χ4v) is 3.87. The van der Waals surface area contributed by atoms with Crippen LogP contribution in [-0.2, 0) is 16.0 Å².